The number of rotatable bonds is 8. The van der Waals surface area contributed by atoms with Gasteiger partial charge in [-0.25, -0.2) is 0 Å². The maximum Gasteiger partial charge on any atom is 0.0711 e. The number of allylic oxidation sites excluding steroid dienone is 2. The Labute approximate surface area is 273 Å². The number of nitrogen functional groups attached to an aromatic ring is 1. The first kappa shape index (κ1) is 31.7. The van der Waals surface area contributed by atoms with E-state index in [1.165, 1.54) is 11.1 Å². The molecule has 0 fully saturated rings. The van der Waals surface area contributed by atoms with Gasteiger partial charge < -0.3 is 5.73 Å². The molecule has 46 heavy (non-hydrogen) atoms. The third kappa shape index (κ3) is 7.85. The van der Waals surface area contributed by atoms with Gasteiger partial charge in [0.05, 0.1) is 5.70 Å². The first-order chi connectivity index (χ1) is 22.5. The summed E-state index contributed by atoms with van der Waals surface area (Å²) in [6, 6.07) is 54.4. The highest BCUT2D eigenvalue weighted by Crippen LogP contribution is 2.31. The van der Waals surface area contributed by atoms with Gasteiger partial charge >= 0.3 is 0 Å². The smallest absolute Gasteiger partial charge is 0.0711 e. The molecule has 0 radical (unpaired) electrons. The third-order valence-corrected chi connectivity index (χ3v) is 7.69. The Morgan fingerprint density at radius 1 is 0.500 bits per heavy atom. The summed E-state index contributed by atoms with van der Waals surface area (Å²) in [6.07, 6.45) is 2.08. The van der Waals surface area contributed by atoms with Crippen LogP contribution in [0.25, 0.3) is 44.7 Å². The van der Waals surface area contributed by atoms with Gasteiger partial charge in [0, 0.05) is 17.0 Å². The van der Waals surface area contributed by atoms with Crippen molar-refractivity contribution in [1.82, 2.24) is 0 Å². The molecule has 0 aromatic heterocycles. The van der Waals surface area contributed by atoms with Crippen molar-refractivity contribution in [2.24, 2.45) is 4.99 Å². The summed E-state index contributed by atoms with van der Waals surface area (Å²) in [7, 11) is 0. The predicted molar refractivity (Wildman–Crippen MR) is 201 cm³/mol. The Morgan fingerprint density at radius 2 is 0.957 bits per heavy atom. The predicted octanol–water partition coefficient (Wildman–Crippen LogP) is 11.9. The van der Waals surface area contributed by atoms with Gasteiger partial charge in [0.1, 0.15) is 0 Å². The summed E-state index contributed by atoms with van der Waals surface area (Å²) in [4.78, 5) is 5.30. The molecule has 0 aliphatic heterocycles. The van der Waals surface area contributed by atoms with Crippen LogP contribution in [0.1, 0.15) is 37.5 Å². The van der Waals surface area contributed by atoms with Gasteiger partial charge in [-0.1, -0.05) is 142 Å². The Hall–Kier alpha value is -5.73. The number of hydrogen-bond acceptors (Lipinski definition) is 2. The molecule has 0 bridgehead atoms. The highest BCUT2D eigenvalue weighted by Gasteiger charge is 2.11. The highest BCUT2D eigenvalue weighted by atomic mass is 14.8. The summed E-state index contributed by atoms with van der Waals surface area (Å²) in [5.74, 6) is 0. The van der Waals surface area contributed by atoms with Crippen LogP contribution >= 0.6 is 0 Å². The quantitative estimate of drug-likeness (QED) is 0.106. The van der Waals surface area contributed by atoms with Crippen molar-refractivity contribution >= 4 is 22.7 Å². The molecule has 6 aromatic carbocycles. The summed E-state index contributed by atoms with van der Waals surface area (Å²) in [6.45, 7) is 10.5. The molecule has 0 atom stereocenters. The van der Waals surface area contributed by atoms with Crippen LogP contribution in [0.15, 0.2) is 175 Å². The number of nitrogens with zero attached hydrogens (tertiary/aromatic N) is 1. The molecular formula is C44H40N2. The SMILES string of the molecule is C=C(/C=C(\N=C(C)c1cc(-c2ccccc2)cc(-c2ccccc2)c1)c1cccc(-c2cccc(N)c2)c1)c1ccccc1.CC. The van der Waals surface area contributed by atoms with Gasteiger partial charge in [0.15, 0.2) is 0 Å². The Morgan fingerprint density at radius 3 is 1.52 bits per heavy atom. The maximum atomic E-state index is 6.12. The van der Waals surface area contributed by atoms with E-state index < -0.39 is 0 Å². The molecule has 0 unspecified atom stereocenters. The van der Waals surface area contributed by atoms with Gasteiger partial charge in [0.2, 0.25) is 0 Å². The number of aliphatic imine (C=N–C) groups is 1. The third-order valence-electron chi connectivity index (χ3n) is 7.69. The second-order valence-electron chi connectivity index (χ2n) is 10.9. The molecular weight excluding hydrogens is 556 g/mol. The van der Waals surface area contributed by atoms with Gasteiger partial charge in [0.25, 0.3) is 0 Å². The van der Waals surface area contributed by atoms with Crippen LogP contribution in [0.2, 0.25) is 0 Å². The zero-order valence-electron chi connectivity index (χ0n) is 26.8. The fraction of sp³-hybridized carbons (Fsp3) is 0.0682. The highest BCUT2D eigenvalue weighted by molar-refractivity contribution is 6.04. The zero-order valence-corrected chi connectivity index (χ0v) is 26.8. The minimum atomic E-state index is 0.738. The Kier molecular flexibility index (Phi) is 10.6. The van der Waals surface area contributed by atoms with Crippen LogP contribution in [0, 0.1) is 0 Å². The molecule has 6 aromatic rings. The van der Waals surface area contributed by atoms with E-state index in [1.807, 2.05) is 62.4 Å². The minimum absolute atomic E-state index is 0.738. The van der Waals surface area contributed by atoms with Crippen LogP contribution in [0.5, 0.6) is 0 Å². The standard InChI is InChI=1S/C42H34N2.C2H6/c1-30(32-14-6-3-7-15-32)24-42(37-22-12-20-35(25-37)36-21-13-23-41(43)29-36)44-31(2)38-26-39(33-16-8-4-9-17-33)28-40(27-38)34-18-10-5-11-19-34;1-2/h3-29H,1,43H2,2H3;1-2H3/b42-24-,44-31?;. The van der Waals surface area contributed by atoms with Crippen LogP contribution in [0.4, 0.5) is 5.69 Å². The van der Waals surface area contributed by atoms with Crippen molar-refractivity contribution in [3.8, 4) is 33.4 Å². The summed E-state index contributed by atoms with van der Waals surface area (Å²) in [5, 5.41) is 0. The number of hydrogen-bond donors (Lipinski definition) is 1. The summed E-state index contributed by atoms with van der Waals surface area (Å²) in [5.41, 5.74) is 19.4. The lowest BCUT2D eigenvalue weighted by Crippen LogP contribution is -1.98. The number of benzene rings is 6. The lowest BCUT2D eigenvalue weighted by molar-refractivity contribution is 1.46. The van der Waals surface area contributed by atoms with E-state index in [0.717, 1.165) is 61.6 Å². The van der Waals surface area contributed by atoms with Gasteiger partial charge in [-0.2, -0.15) is 0 Å². The van der Waals surface area contributed by atoms with Gasteiger partial charge in [-0.15, -0.1) is 0 Å². The van der Waals surface area contributed by atoms with Crippen molar-refractivity contribution in [2.75, 3.05) is 5.73 Å². The van der Waals surface area contributed by atoms with Gasteiger partial charge in [-0.3, -0.25) is 4.99 Å². The Bertz CT molecular complexity index is 1910. The zero-order chi connectivity index (χ0) is 32.3. The van der Waals surface area contributed by atoms with Crippen molar-refractivity contribution in [2.45, 2.75) is 20.8 Å². The molecule has 0 spiro atoms. The fourth-order valence-electron chi connectivity index (χ4n) is 5.33. The molecule has 226 valence electrons. The first-order valence-corrected chi connectivity index (χ1v) is 15.8. The monoisotopic (exact) mass is 596 g/mol. The lowest BCUT2D eigenvalue weighted by Gasteiger charge is -2.13. The molecule has 6 rings (SSSR count). The number of nitrogens with two attached hydrogens (primary N) is 1. The molecule has 0 aliphatic carbocycles. The molecule has 2 heteroatoms. The maximum absolute atomic E-state index is 6.12. The topological polar surface area (TPSA) is 38.4 Å². The molecule has 0 saturated heterocycles. The van der Waals surface area contributed by atoms with E-state index in [0.29, 0.717) is 0 Å². The van der Waals surface area contributed by atoms with Gasteiger partial charge in [-0.05, 0) is 99.5 Å². The number of anilines is 1. The fourth-order valence-corrected chi connectivity index (χ4v) is 5.33. The largest absolute Gasteiger partial charge is 0.399 e. The van der Waals surface area contributed by atoms with Crippen LogP contribution in [-0.4, -0.2) is 5.71 Å². The van der Waals surface area contributed by atoms with Crippen LogP contribution in [-0.2, 0) is 0 Å². The molecule has 0 heterocycles. The van der Waals surface area contributed by atoms with E-state index in [9.17, 15) is 0 Å². The van der Waals surface area contributed by atoms with Crippen molar-refractivity contribution in [3.05, 3.63) is 187 Å². The van der Waals surface area contributed by atoms with Crippen molar-refractivity contribution in [1.29, 1.82) is 0 Å². The van der Waals surface area contributed by atoms with Crippen molar-refractivity contribution < 1.29 is 0 Å². The summed E-state index contributed by atoms with van der Waals surface area (Å²) >= 11 is 0. The molecule has 0 aliphatic rings. The molecule has 0 saturated carbocycles. The van der Waals surface area contributed by atoms with Crippen molar-refractivity contribution in [3.63, 3.8) is 0 Å². The normalized spacial score (nSPS) is 11.4. The van der Waals surface area contributed by atoms with E-state index in [4.69, 9.17) is 10.7 Å². The average molecular weight is 597 g/mol. The minimum Gasteiger partial charge on any atom is -0.399 e. The second-order valence-corrected chi connectivity index (χ2v) is 10.9. The van der Waals surface area contributed by atoms with Crippen LogP contribution in [0.3, 0.4) is 0 Å². The molecule has 2 nitrogen and oxygen atoms in total. The lowest BCUT2D eigenvalue weighted by atomic mass is 9.94. The summed E-state index contributed by atoms with van der Waals surface area (Å²) < 4.78 is 0. The molecule has 2 N–H and O–H groups in total. The molecule has 0 amide bonds. The van der Waals surface area contributed by atoms with Crippen LogP contribution < -0.4 is 5.73 Å². The average Bonchev–Trinajstić information content (AvgIpc) is 3.13. The first-order valence-electron chi connectivity index (χ1n) is 15.8. The van der Waals surface area contributed by atoms with E-state index in [1.54, 1.807) is 0 Å². The van der Waals surface area contributed by atoms with E-state index in [-0.39, 0.29) is 0 Å². The van der Waals surface area contributed by atoms with E-state index in [2.05, 4.69) is 129 Å². The second kappa shape index (κ2) is 15.3. The Balaban J connectivity index is 0.00000204. The van der Waals surface area contributed by atoms with E-state index >= 15 is 0 Å².